The second kappa shape index (κ2) is 18.0. The summed E-state index contributed by atoms with van der Waals surface area (Å²) in [5.41, 5.74) is 4.57. The highest BCUT2D eigenvalue weighted by atomic mass is 35.5. The summed E-state index contributed by atoms with van der Waals surface area (Å²) in [5, 5.41) is 3.40. The Kier molecular flexibility index (Phi) is 13.0. The Morgan fingerprint density at radius 2 is 1.69 bits per heavy atom. The second-order valence-electron chi connectivity index (χ2n) is 11.6. The lowest BCUT2D eigenvalue weighted by Crippen LogP contribution is -2.42. The van der Waals surface area contributed by atoms with E-state index in [-0.39, 0.29) is 34.0 Å². The van der Waals surface area contributed by atoms with E-state index in [1.165, 1.54) is 18.1 Å². The van der Waals surface area contributed by atoms with E-state index in [0.717, 1.165) is 34.0 Å². The van der Waals surface area contributed by atoms with Crippen molar-refractivity contribution in [2.75, 3.05) is 12.9 Å². The first-order valence-corrected chi connectivity index (χ1v) is 17.8. The number of carbonyl (C=O) groups excluding carboxylic acids is 3. The van der Waals surface area contributed by atoms with E-state index in [9.17, 15) is 14.4 Å². The van der Waals surface area contributed by atoms with Gasteiger partial charge >= 0.3 is 0 Å². The van der Waals surface area contributed by atoms with Gasteiger partial charge in [0.25, 0.3) is 11.8 Å². The smallest absolute Gasteiger partial charge is 0.285 e. The SMILES string of the molecule is C=C/C=C\C(=C/C)N1C(=O)/C(=C/c2cc(Cl)c(OCc3cccc(C)c3)c(OC)c2)C(=O)N=C1SCC(=O)NC(c1ccccc1)c1ccccc1. The molecule has 0 atom stereocenters. The van der Waals surface area contributed by atoms with Crippen LogP contribution in [0.4, 0.5) is 0 Å². The molecule has 0 bridgehead atoms. The highest BCUT2D eigenvalue weighted by molar-refractivity contribution is 8.14. The highest BCUT2D eigenvalue weighted by Crippen LogP contribution is 2.38. The van der Waals surface area contributed by atoms with Crippen LogP contribution in [0.3, 0.4) is 0 Å². The van der Waals surface area contributed by atoms with Crippen molar-refractivity contribution >= 4 is 52.3 Å². The summed E-state index contributed by atoms with van der Waals surface area (Å²) < 4.78 is 11.6. The zero-order valence-electron chi connectivity index (χ0n) is 29.0. The van der Waals surface area contributed by atoms with Gasteiger partial charge in [-0.2, -0.15) is 4.99 Å². The Morgan fingerprint density at radius 1 is 1.00 bits per heavy atom. The minimum atomic E-state index is -0.756. The van der Waals surface area contributed by atoms with Crippen molar-refractivity contribution in [2.24, 2.45) is 4.99 Å². The Labute approximate surface area is 313 Å². The summed E-state index contributed by atoms with van der Waals surface area (Å²) in [4.78, 5) is 46.7. The molecular weight excluding hydrogens is 694 g/mol. The Bertz CT molecular complexity index is 2040. The van der Waals surface area contributed by atoms with Gasteiger partial charge in [-0.3, -0.25) is 19.3 Å². The summed E-state index contributed by atoms with van der Waals surface area (Å²) in [5.74, 6) is -1.12. The molecule has 0 unspecified atom stereocenters. The Balaban J connectivity index is 1.41. The number of amides is 3. The number of aryl methyl sites for hydroxylation is 1. The first-order valence-electron chi connectivity index (χ1n) is 16.4. The molecule has 1 heterocycles. The first kappa shape index (κ1) is 37.6. The standard InChI is InChI=1S/C42H38ClN3O5S/c1-5-7-21-33(6-2)46-41(49)34(23-30-24-35(43)39(36(25-30)50-4)51-26-29-16-14-15-28(3)22-29)40(48)45-42(46)52-27-37(47)44-38(31-17-10-8-11-18-31)32-19-12-9-13-20-32/h5-25,38H,1,26-27H2,2-4H3,(H,44,47)/b21-7-,33-6+,34-23+. The number of methoxy groups -OCH3 is 1. The zero-order chi connectivity index (χ0) is 37.0. The monoisotopic (exact) mass is 731 g/mol. The largest absolute Gasteiger partial charge is 0.493 e. The third-order valence-electron chi connectivity index (χ3n) is 7.94. The molecule has 3 amide bonds. The van der Waals surface area contributed by atoms with Crippen molar-refractivity contribution < 1.29 is 23.9 Å². The van der Waals surface area contributed by atoms with Crippen LogP contribution in [0.25, 0.3) is 6.08 Å². The number of allylic oxidation sites excluding steroid dienone is 4. The van der Waals surface area contributed by atoms with Crippen LogP contribution < -0.4 is 14.8 Å². The van der Waals surface area contributed by atoms with Gasteiger partial charge in [-0.15, -0.1) is 0 Å². The second-order valence-corrected chi connectivity index (χ2v) is 13.0. The number of aliphatic imine (C=N–C) groups is 1. The van der Waals surface area contributed by atoms with Gasteiger partial charge in [0.15, 0.2) is 16.7 Å². The molecule has 8 nitrogen and oxygen atoms in total. The lowest BCUT2D eigenvalue weighted by molar-refractivity contribution is -0.126. The van der Waals surface area contributed by atoms with E-state index in [1.54, 1.807) is 43.4 Å². The molecule has 4 aromatic rings. The van der Waals surface area contributed by atoms with Crippen molar-refractivity contribution in [1.82, 2.24) is 10.2 Å². The summed E-state index contributed by atoms with van der Waals surface area (Å²) in [6, 6.07) is 30.0. The molecule has 0 saturated heterocycles. The topological polar surface area (TPSA) is 97.3 Å². The number of carbonyl (C=O) groups is 3. The number of ether oxygens (including phenoxy) is 2. The van der Waals surface area contributed by atoms with Crippen LogP contribution in [0.1, 0.15) is 40.8 Å². The van der Waals surface area contributed by atoms with E-state index < -0.39 is 17.9 Å². The predicted octanol–water partition coefficient (Wildman–Crippen LogP) is 8.63. The number of amidine groups is 1. The van der Waals surface area contributed by atoms with Crippen LogP contribution in [-0.2, 0) is 21.0 Å². The predicted molar refractivity (Wildman–Crippen MR) is 209 cm³/mol. The molecule has 1 N–H and O–H groups in total. The van der Waals surface area contributed by atoms with E-state index in [1.807, 2.05) is 91.9 Å². The van der Waals surface area contributed by atoms with Crippen LogP contribution in [0.2, 0.25) is 5.02 Å². The van der Waals surface area contributed by atoms with Crippen molar-refractivity contribution in [1.29, 1.82) is 0 Å². The lowest BCUT2D eigenvalue weighted by atomic mass is 9.99. The number of benzene rings is 4. The van der Waals surface area contributed by atoms with Crippen molar-refractivity contribution in [3.63, 3.8) is 0 Å². The number of rotatable bonds is 13. The van der Waals surface area contributed by atoms with Crippen molar-refractivity contribution in [3.05, 3.63) is 172 Å². The molecule has 52 heavy (non-hydrogen) atoms. The summed E-state index contributed by atoms with van der Waals surface area (Å²) >= 11 is 7.65. The zero-order valence-corrected chi connectivity index (χ0v) is 30.6. The molecule has 0 aromatic heterocycles. The van der Waals surface area contributed by atoms with Gasteiger partial charge in [-0.1, -0.05) is 139 Å². The third kappa shape index (κ3) is 9.37. The number of nitrogens with zero attached hydrogens (tertiary/aromatic N) is 2. The number of nitrogens with one attached hydrogen (secondary N) is 1. The van der Waals surface area contributed by atoms with E-state index in [2.05, 4.69) is 16.9 Å². The average molecular weight is 732 g/mol. The molecule has 0 fully saturated rings. The minimum absolute atomic E-state index is 0.0654. The normalized spacial score (nSPS) is 14.2. The number of halogens is 1. The van der Waals surface area contributed by atoms with Gasteiger partial charge in [0.05, 0.1) is 23.9 Å². The summed E-state index contributed by atoms with van der Waals surface area (Å²) in [6.45, 7) is 7.75. The summed E-state index contributed by atoms with van der Waals surface area (Å²) in [7, 11) is 1.48. The van der Waals surface area contributed by atoms with Crippen molar-refractivity contribution in [3.8, 4) is 11.5 Å². The maximum absolute atomic E-state index is 14.2. The molecule has 0 aliphatic carbocycles. The maximum Gasteiger partial charge on any atom is 0.285 e. The quantitative estimate of drug-likeness (QED) is 0.0841. The van der Waals surface area contributed by atoms with Gasteiger partial charge in [0.2, 0.25) is 5.91 Å². The molecular formula is C42H38ClN3O5S. The van der Waals surface area contributed by atoms with Gasteiger partial charge in [0, 0.05) is 5.70 Å². The maximum atomic E-state index is 14.2. The first-order chi connectivity index (χ1) is 25.2. The van der Waals surface area contributed by atoms with E-state index >= 15 is 0 Å². The molecule has 10 heteroatoms. The third-order valence-corrected chi connectivity index (χ3v) is 9.16. The molecule has 1 aliphatic rings. The van der Waals surface area contributed by atoms with Gasteiger partial charge in [-0.05, 0) is 60.4 Å². The molecule has 0 radical (unpaired) electrons. The molecule has 4 aromatic carbocycles. The van der Waals surface area contributed by atoms with Crippen LogP contribution in [0.5, 0.6) is 11.5 Å². The lowest BCUT2D eigenvalue weighted by Gasteiger charge is -2.28. The van der Waals surface area contributed by atoms with Crippen LogP contribution in [0.15, 0.2) is 144 Å². The molecule has 5 rings (SSSR count). The van der Waals surface area contributed by atoms with Gasteiger partial charge in [0.1, 0.15) is 12.2 Å². The fraction of sp³-hybridized carbons (Fsp3) is 0.143. The van der Waals surface area contributed by atoms with Crippen LogP contribution >= 0.6 is 23.4 Å². The molecule has 0 spiro atoms. The number of hydrogen-bond acceptors (Lipinski definition) is 6. The summed E-state index contributed by atoms with van der Waals surface area (Å²) in [6.07, 6.45) is 8.05. The van der Waals surface area contributed by atoms with Crippen molar-refractivity contribution in [2.45, 2.75) is 26.5 Å². The average Bonchev–Trinajstić information content (AvgIpc) is 3.15. The van der Waals surface area contributed by atoms with Gasteiger partial charge in [-0.25, -0.2) is 0 Å². The Hall–Kier alpha value is -5.64. The molecule has 0 saturated carbocycles. The van der Waals surface area contributed by atoms with E-state index in [0.29, 0.717) is 22.8 Å². The van der Waals surface area contributed by atoms with Crippen LogP contribution in [-0.4, -0.2) is 40.7 Å². The minimum Gasteiger partial charge on any atom is -0.493 e. The number of hydrogen-bond donors (Lipinski definition) is 1. The fourth-order valence-corrected chi connectivity index (χ4v) is 6.56. The number of thioether (sulfide) groups is 1. The van der Waals surface area contributed by atoms with Gasteiger partial charge < -0.3 is 14.8 Å². The van der Waals surface area contributed by atoms with Crippen LogP contribution in [0, 0.1) is 6.92 Å². The van der Waals surface area contributed by atoms with E-state index in [4.69, 9.17) is 21.1 Å². The fourth-order valence-electron chi connectivity index (χ4n) is 5.48. The molecule has 264 valence electrons. The Morgan fingerprint density at radius 3 is 2.31 bits per heavy atom. The highest BCUT2D eigenvalue weighted by Gasteiger charge is 2.35. The molecule has 1 aliphatic heterocycles.